The summed E-state index contributed by atoms with van der Waals surface area (Å²) in [5, 5.41) is 0. The Bertz CT molecular complexity index is 698. The van der Waals surface area contributed by atoms with Crippen LogP contribution in [0.5, 0.6) is 0 Å². The highest BCUT2D eigenvalue weighted by Crippen LogP contribution is 2.60. The molecule has 0 aromatic heterocycles. The first-order valence-corrected chi connectivity index (χ1v) is 13.9. The summed E-state index contributed by atoms with van der Waals surface area (Å²) < 4.78 is 0. The highest BCUT2D eigenvalue weighted by atomic mass is 16.1. The number of primary amides is 1. The molecule has 0 bridgehead atoms. The number of carbonyl (C=O) groups excluding carboxylic acids is 1. The Balaban J connectivity index is 0.000000189. The standard InChI is InChI=1S/C18H24.C12H25NO/c1-18-11-4-7-17(18)16-9-8-13-5-2-3-6-14(13)15(16)10-12-18;1-2-3-4-5-6-7-8-9-10-11-12(13)14/h2-3,5-6,15-17H,4,7-12H2,1H3;2-11H2,1H3,(H2,13,14)/t15-,16-,17+,18+;/m1./s1. The van der Waals surface area contributed by atoms with Gasteiger partial charge in [0.2, 0.25) is 5.91 Å². The maximum absolute atomic E-state index is 10.4. The van der Waals surface area contributed by atoms with Crippen molar-refractivity contribution in [2.45, 2.75) is 129 Å². The maximum atomic E-state index is 10.4. The second-order valence-corrected chi connectivity index (χ2v) is 11.2. The average molecular weight is 440 g/mol. The molecule has 0 radical (unpaired) electrons. The maximum Gasteiger partial charge on any atom is 0.217 e. The summed E-state index contributed by atoms with van der Waals surface area (Å²) in [5.41, 5.74) is 9.12. The molecule has 180 valence electrons. The van der Waals surface area contributed by atoms with Gasteiger partial charge in [-0.05, 0) is 79.2 Å². The molecule has 2 nitrogen and oxygen atoms in total. The van der Waals surface area contributed by atoms with E-state index in [9.17, 15) is 4.79 Å². The molecule has 4 rings (SSSR count). The Kier molecular flexibility index (Phi) is 10.1. The van der Waals surface area contributed by atoms with Gasteiger partial charge in [-0.15, -0.1) is 0 Å². The Hall–Kier alpha value is -1.31. The van der Waals surface area contributed by atoms with E-state index in [1.54, 1.807) is 11.1 Å². The van der Waals surface area contributed by atoms with E-state index in [2.05, 4.69) is 38.1 Å². The number of hydrogen-bond acceptors (Lipinski definition) is 1. The SMILES string of the molecule is CCCCCCCCCCCC(N)=O.C[C@@]12CCC[C@H]1[C@@H]1CCc3ccccc3[C@H]1CC2. The predicted octanol–water partition coefficient (Wildman–Crippen LogP) is 8.33. The van der Waals surface area contributed by atoms with Crippen LogP contribution in [0.1, 0.15) is 134 Å². The van der Waals surface area contributed by atoms with Gasteiger partial charge in [-0.2, -0.15) is 0 Å². The third-order valence-corrected chi connectivity index (χ3v) is 8.95. The third kappa shape index (κ3) is 6.84. The van der Waals surface area contributed by atoms with Crippen molar-refractivity contribution in [3.63, 3.8) is 0 Å². The van der Waals surface area contributed by atoms with Crippen molar-refractivity contribution in [1.82, 2.24) is 0 Å². The van der Waals surface area contributed by atoms with Crippen LogP contribution in [-0.2, 0) is 11.2 Å². The number of benzene rings is 1. The molecule has 32 heavy (non-hydrogen) atoms. The van der Waals surface area contributed by atoms with E-state index >= 15 is 0 Å². The zero-order valence-corrected chi connectivity index (χ0v) is 21.0. The lowest BCUT2D eigenvalue weighted by Gasteiger charge is -2.49. The van der Waals surface area contributed by atoms with E-state index in [0.717, 1.165) is 30.6 Å². The molecule has 2 fully saturated rings. The smallest absolute Gasteiger partial charge is 0.217 e. The zero-order valence-electron chi connectivity index (χ0n) is 21.0. The third-order valence-electron chi connectivity index (χ3n) is 8.95. The van der Waals surface area contributed by atoms with Gasteiger partial charge in [0.1, 0.15) is 0 Å². The van der Waals surface area contributed by atoms with Crippen LogP contribution < -0.4 is 5.73 Å². The van der Waals surface area contributed by atoms with Crippen LogP contribution in [0.3, 0.4) is 0 Å². The van der Waals surface area contributed by atoms with Crippen molar-refractivity contribution in [3.8, 4) is 0 Å². The van der Waals surface area contributed by atoms with E-state index in [-0.39, 0.29) is 5.91 Å². The van der Waals surface area contributed by atoms with Gasteiger partial charge in [-0.3, -0.25) is 4.79 Å². The Morgan fingerprint density at radius 3 is 2.34 bits per heavy atom. The van der Waals surface area contributed by atoms with Crippen molar-refractivity contribution in [1.29, 1.82) is 0 Å². The summed E-state index contributed by atoms with van der Waals surface area (Å²) in [6.07, 6.45) is 22.3. The largest absolute Gasteiger partial charge is 0.370 e. The van der Waals surface area contributed by atoms with E-state index < -0.39 is 0 Å². The molecule has 1 aromatic rings. The topological polar surface area (TPSA) is 43.1 Å². The van der Waals surface area contributed by atoms with Gasteiger partial charge in [-0.1, -0.05) is 95.9 Å². The van der Waals surface area contributed by atoms with Gasteiger partial charge in [0.15, 0.2) is 0 Å². The van der Waals surface area contributed by atoms with Crippen molar-refractivity contribution < 1.29 is 4.79 Å². The minimum atomic E-state index is -0.159. The number of amides is 1. The number of aryl methyl sites for hydroxylation is 1. The monoisotopic (exact) mass is 439 g/mol. The molecule has 3 aliphatic rings. The molecular formula is C30H49NO. The second kappa shape index (κ2) is 12.8. The number of nitrogens with two attached hydrogens (primary N) is 1. The number of carbonyl (C=O) groups is 1. The van der Waals surface area contributed by atoms with E-state index in [0.29, 0.717) is 11.8 Å². The fraction of sp³-hybridized carbons (Fsp3) is 0.767. The van der Waals surface area contributed by atoms with E-state index in [4.69, 9.17) is 5.73 Å². The summed E-state index contributed by atoms with van der Waals surface area (Å²) >= 11 is 0. The molecule has 3 aliphatic carbocycles. The van der Waals surface area contributed by atoms with Gasteiger partial charge in [-0.25, -0.2) is 0 Å². The van der Waals surface area contributed by atoms with Crippen LogP contribution in [0.4, 0.5) is 0 Å². The summed E-state index contributed by atoms with van der Waals surface area (Å²) in [5.74, 6) is 2.77. The van der Waals surface area contributed by atoms with Gasteiger partial charge in [0.25, 0.3) is 0 Å². The fourth-order valence-corrected chi connectivity index (χ4v) is 7.12. The molecule has 0 heterocycles. The molecule has 0 unspecified atom stereocenters. The van der Waals surface area contributed by atoms with Crippen molar-refractivity contribution in [2.24, 2.45) is 23.0 Å². The first kappa shape index (κ1) is 25.3. The molecule has 0 saturated heterocycles. The second-order valence-electron chi connectivity index (χ2n) is 11.2. The van der Waals surface area contributed by atoms with Gasteiger partial charge in [0.05, 0.1) is 0 Å². The molecule has 0 aliphatic heterocycles. The van der Waals surface area contributed by atoms with Gasteiger partial charge < -0.3 is 5.73 Å². The van der Waals surface area contributed by atoms with Crippen LogP contribution in [-0.4, -0.2) is 5.91 Å². The molecule has 4 atom stereocenters. The van der Waals surface area contributed by atoms with Gasteiger partial charge in [0, 0.05) is 6.42 Å². The predicted molar refractivity (Wildman–Crippen MR) is 137 cm³/mol. The fourth-order valence-electron chi connectivity index (χ4n) is 7.12. The van der Waals surface area contributed by atoms with Crippen molar-refractivity contribution in [2.75, 3.05) is 0 Å². The molecule has 1 aromatic carbocycles. The number of rotatable bonds is 10. The van der Waals surface area contributed by atoms with Crippen LogP contribution >= 0.6 is 0 Å². The van der Waals surface area contributed by atoms with E-state index in [1.807, 2.05) is 0 Å². The van der Waals surface area contributed by atoms with Crippen LogP contribution in [0.2, 0.25) is 0 Å². The minimum Gasteiger partial charge on any atom is -0.370 e. The summed E-state index contributed by atoms with van der Waals surface area (Å²) in [6.45, 7) is 4.82. The lowest BCUT2D eigenvalue weighted by molar-refractivity contribution is -0.118. The lowest BCUT2D eigenvalue weighted by atomic mass is 9.56. The van der Waals surface area contributed by atoms with Crippen LogP contribution in [0, 0.1) is 17.3 Å². The van der Waals surface area contributed by atoms with Crippen LogP contribution in [0.25, 0.3) is 0 Å². The number of hydrogen-bond donors (Lipinski definition) is 1. The van der Waals surface area contributed by atoms with Crippen molar-refractivity contribution in [3.05, 3.63) is 35.4 Å². The normalized spacial score (nSPS) is 28.1. The Morgan fingerprint density at radius 1 is 0.938 bits per heavy atom. The molecule has 2 heteroatoms. The number of fused-ring (bicyclic) bond motifs is 5. The quantitative estimate of drug-likeness (QED) is 0.366. The Labute approximate surface area is 198 Å². The lowest BCUT2D eigenvalue weighted by Crippen LogP contribution is -2.39. The molecular weight excluding hydrogens is 390 g/mol. The molecule has 2 saturated carbocycles. The zero-order chi connectivity index (χ0) is 22.8. The summed E-state index contributed by atoms with van der Waals surface area (Å²) in [7, 11) is 0. The van der Waals surface area contributed by atoms with Crippen LogP contribution in [0.15, 0.2) is 24.3 Å². The average Bonchev–Trinajstić information content (AvgIpc) is 3.20. The number of unbranched alkanes of at least 4 members (excludes halogenated alkanes) is 8. The molecule has 0 spiro atoms. The minimum absolute atomic E-state index is 0.159. The first-order valence-electron chi connectivity index (χ1n) is 13.9. The molecule has 1 amide bonds. The highest BCUT2D eigenvalue weighted by molar-refractivity contribution is 5.73. The first-order chi connectivity index (χ1) is 15.5. The summed E-state index contributed by atoms with van der Waals surface area (Å²) in [6, 6.07) is 9.27. The Morgan fingerprint density at radius 2 is 1.62 bits per heavy atom. The van der Waals surface area contributed by atoms with E-state index in [1.165, 1.54) is 89.9 Å². The highest BCUT2D eigenvalue weighted by Gasteiger charge is 2.49. The van der Waals surface area contributed by atoms with Gasteiger partial charge >= 0.3 is 0 Å². The molecule has 2 N–H and O–H groups in total. The summed E-state index contributed by atoms with van der Waals surface area (Å²) in [4.78, 5) is 10.4. The van der Waals surface area contributed by atoms with Crippen molar-refractivity contribution >= 4 is 5.91 Å².